The fourth-order valence-corrected chi connectivity index (χ4v) is 2.36. The zero-order valence-corrected chi connectivity index (χ0v) is 10.0. The lowest BCUT2D eigenvalue weighted by atomic mass is 10.3. The fraction of sp³-hybridized carbons (Fsp3) is 0.0833. The van der Waals surface area contributed by atoms with E-state index in [9.17, 15) is 5.11 Å². The molecule has 0 fully saturated rings. The Morgan fingerprint density at radius 3 is 2.81 bits per heavy atom. The minimum absolute atomic E-state index is 0.313. The van der Waals surface area contributed by atoms with Crippen molar-refractivity contribution in [3.63, 3.8) is 0 Å². The highest BCUT2D eigenvalue weighted by Crippen LogP contribution is 2.30. The molecular weight excluding hydrogens is 242 g/mol. The van der Waals surface area contributed by atoms with E-state index in [0.717, 1.165) is 16.2 Å². The molecule has 4 heteroatoms. The Kier molecular flexibility index (Phi) is 3.70. The molecule has 16 heavy (non-hydrogen) atoms. The zero-order chi connectivity index (χ0) is 11.4. The van der Waals surface area contributed by atoms with E-state index in [4.69, 9.17) is 11.6 Å². The number of aromatic hydroxyl groups is 1. The third kappa shape index (κ3) is 2.90. The molecule has 1 heterocycles. The lowest BCUT2D eigenvalue weighted by Gasteiger charge is -2.04. The topological polar surface area (TPSA) is 33.1 Å². The Hall–Kier alpha value is -1.19. The highest BCUT2D eigenvalue weighted by molar-refractivity contribution is 7.98. The van der Waals surface area contributed by atoms with Crippen LogP contribution < -0.4 is 0 Å². The molecule has 2 aromatic rings. The summed E-state index contributed by atoms with van der Waals surface area (Å²) in [7, 11) is 0. The molecule has 0 aliphatic carbocycles. The summed E-state index contributed by atoms with van der Waals surface area (Å²) >= 11 is 7.36. The Bertz CT molecular complexity index is 490. The van der Waals surface area contributed by atoms with Gasteiger partial charge in [-0.2, -0.15) is 0 Å². The quantitative estimate of drug-likeness (QED) is 0.667. The third-order valence-electron chi connectivity index (χ3n) is 2.05. The van der Waals surface area contributed by atoms with Gasteiger partial charge < -0.3 is 5.11 Å². The van der Waals surface area contributed by atoms with Crippen molar-refractivity contribution in [2.24, 2.45) is 0 Å². The highest BCUT2D eigenvalue weighted by atomic mass is 35.5. The van der Waals surface area contributed by atoms with Gasteiger partial charge in [-0.15, -0.1) is 11.8 Å². The number of aromatic nitrogens is 1. The van der Waals surface area contributed by atoms with Crippen LogP contribution in [0.15, 0.2) is 47.5 Å². The first-order valence-electron chi connectivity index (χ1n) is 4.77. The Morgan fingerprint density at radius 1 is 1.25 bits per heavy atom. The zero-order valence-electron chi connectivity index (χ0n) is 8.43. The molecule has 1 N–H and O–H groups in total. The lowest BCUT2D eigenvalue weighted by Crippen LogP contribution is -1.82. The van der Waals surface area contributed by atoms with Crippen LogP contribution in [-0.2, 0) is 5.75 Å². The first-order valence-corrected chi connectivity index (χ1v) is 6.13. The molecule has 0 unspecified atom stereocenters. The molecule has 1 aromatic carbocycles. The molecule has 0 amide bonds. The van der Waals surface area contributed by atoms with E-state index in [-0.39, 0.29) is 0 Å². The molecule has 2 rings (SSSR count). The first kappa shape index (κ1) is 11.3. The second-order valence-electron chi connectivity index (χ2n) is 3.24. The molecule has 0 saturated heterocycles. The summed E-state index contributed by atoms with van der Waals surface area (Å²) < 4.78 is 0. The van der Waals surface area contributed by atoms with Gasteiger partial charge in [0.2, 0.25) is 0 Å². The van der Waals surface area contributed by atoms with Crippen LogP contribution in [0.5, 0.6) is 5.75 Å². The Morgan fingerprint density at radius 2 is 2.06 bits per heavy atom. The normalized spacial score (nSPS) is 10.3. The second-order valence-corrected chi connectivity index (χ2v) is 4.65. The molecule has 1 aromatic heterocycles. The van der Waals surface area contributed by atoms with Gasteiger partial charge in [-0.05, 0) is 29.8 Å². The minimum atomic E-state index is 0.313. The van der Waals surface area contributed by atoms with E-state index < -0.39 is 0 Å². The summed E-state index contributed by atoms with van der Waals surface area (Å²) in [4.78, 5) is 4.79. The smallest absolute Gasteiger partial charge is 0.129 e. The van der Waals surface area contributed by atoms with Crippen molar-refractivity contribution in [1.82, 2.24) is 4.98 Å². The number of benzene rings is 1. The fourth-order valence-electron chi connectivity index (χ4n) is 1.27. The van der Waals surface area contributed by atoms with Crippen LogP contribution in [0.3, 0.4) is 0 Å². The maximum Gasteiger partial charge on any atom is 0.129 e. The summed E-state index contributed by atoms with van der Waals surface area (Å²) in [6.07, 6.45) is 1.68. The number of rotatable bonds is 3. The SMILES string of the molecule is Oc1ccccc1SCc1ccnc(Cl)c1. The van der Waals surface area contributed by atoms with Crippen molar-refractivity contribution in [2.75, 3.05) is 0 Å². The van der Waals surface area contributed by atoms with Crippen LogP contribution in [0.4, 0.5) is 0 Å². The monoisotopic (exact) mass is 251 g/mol. The number of hydrogen-bond acceptors (Lipinski definition) is 3. The van der Waals surface area contributed by atoms with Gasteiger partial charge in [-0.3, -0.25) is 0 Å². The largest absolute Gasteiger partial charge is 0.507 e. The van der Waals surface area contributed by atoms with Crippen molar-refractivity contribution in [1.29, 1.82) is 0 Å². The van der Waals surface area contributed by atoms with Crippen LogP contribution >= 0.6 is 23.4 Å². The number of nitrogens with zero attached hydrogens (tertiary/aromatic N) is 1. The van der Waals surface area contributed by atoms with Gasteiger partial charge in [-0.1, -0.05) is 23.7 Å². The molecule has 0 saturated carbocycles. The standard InChI is InChI=1S/C12H10ClNOS/c13-12-7-9(5-6-14-12)8-16-11-4-2-1-3-10(11)15/h1-7,15H,8H2. The summed E-state index contributed by atoms with van der Waals surface area (Å²) in [5.74, 6) is 1.08. The van der Waals surface area contributed by atoms with Crippen molar-refractivity contribution in [3.8, 4) is 5.75 Å². The van der Waals surface area contributed by atoms with Crippen LogP contribution in [0.25, 0.3) is 0 Å². The van der Waals surface area contributed by atoms with Gasteiger partial charge in [0, 0.05) is 16.8 Å². The third-order valence-corrected chi connectivity index (χ3v) is 3.39. The average molecular weight is 252 g/mol. The highest BCUT2D eigenvalue weighted by Gasteiger charge is 2.01. The molecule has 0 spiro atoms. The van der Waals surface area contributed by atoms with Gasteiger partial charge in [0.25, 0.3) is 0 Å². The van der Waals surface area contributed by atoms with E-state index in [2.05, 4.69) is 4.98 Å². The van der Waals surface area contributed by atoms with E-state index in [1.165, 1.54) is 0 Å². The van der Waals surface area contributed by atoms with Crippen LogP contribution in [-0.4, -0.2) is 10.1 Å². The molecule has 2 nitrogen and oxygen atoms in total. The molecule has 0 aliphatic rings. The molecule has 0 aliphatic heterocycles. The molecule has 0 bridgehead atoms. The van der Waals surface area contributed by atoms with Crippen LogP contribution in [0, 0.1) is 0 Å². The van der Waals surface area contributed by atoms with Crippen molar-refractivity contribution < 1.29 is 5.11 Å². The van der Waals surface area contributed by atoms with E-state index in [1.54, 1.807) is 24.0 Å². The van der Waals surface area contributed by atoms with Gasteiger partial charge in [0.15, 0.2) is 0 Å². The number of phenols is 1. The number of para-hydroxylation sites is 1. The predicted octanol–water partition coefficient (Wildman–Crippen LogP) is 3.73. The maximum absolute atomic E-state index is 9.58. The van der Waals surface area contributed by atoms with Gasteiger partial charge >= 0.3 is 0 Å². The van der Waals surface area contributed by atoms with E-state index in [0.29, 0.717) is 10.9 Å². The summed E-state index contributed by atoms with van der Waals surface area (Å²) in [5, 5.41) is 10.1. The summed E-state index contributed by atoms with van der Waals surface area (Å²) in [6, 6.07) is 11.0. The first-order chi connectivity index (χ1) is 7.75. The number of halogens is 1. The number of hydrogen-bond donors (Lipinski definition) is 1. The van der Waals surface area contributed by atoms with E-state index >= 15 is 0 Å². The Labute approximate surface area is 103 Å². The molecule has 0 atom stereocenters. The number of pyridine rings is 1. The number of phenolic OH excluding ortho intramolecular Hbond substituents is 1. The van der Waals surface area contributed by atoms with Crippen molar-refractivity contribution >= 4 is 23.4 Å². The molecule has 82 valence electrons. The lowest BCUT2D eigenvalue weighted by molar-refractivity contribution is 0.462. The van der Waals surface area contributed by atoms with Crippen LogP contribution in [0.2, 0.25) is 5.15 Å². The van der Waals surface area contributed by atoms with Crippen molar-refractivity contribution in [3.05, 3.63) is 53.3 Å². The Balaban J connectivity index is 2.05. The van der Waals surface area contributed by atoms with Gasteiger partial charge in [0.1, 0.15) is 10.9 Å². The van der Waals surface area contributed by atoms with E-state index in [1.807, 2.05) is 30.3 Å². The van der Waals surface area contributed by atoms with Crippen molar-refractivity contribution in [2.45, 2.75) is 10.6 Å². The molecule has 0 radical (unpaired) electrons. The summed E-state index contributed by atoms with van der Waals surface area (Å²) in [6.45, 7) is 0. The minimum Gasteiger partial charge on any atom is -0.507 e. The second kappa shape index (κ2) is 5.23. The maximum atomic E-state index is 9.58. The predicted molar refractivity (Wildman–Crippen MR) is 66.9 cm³/mol. The summed E-state index contributed by atoms with van der Waals surface area (Å²) in [5.41, 5.74) is 1.09. The van der Waals surface area contributed by atoms with Crippen LogP contribution in [0.1, 0.15) is 5.56 Å². The van der Waals surface area contributed by atoms with Gasteiger partial charge in [-0.25, -0.2) is 4.98 Å². The average Bonchev–Trinajstić information content (AvgIpc) is 2.28. The number of thioether (sulfide) groups is 1. The molecular formula is C12H10ClNOS. The van der Waals surface area contributed by atoms with Gasteiger partial charge in [0.05, 0.1) is 0 Å².